The predicted molar refractivity (Wildman–Crippen MR) is 62.2 cm³/mol. The van der Waals surface area contributed by atoms with Crippen molar-refractivity contribution in [1.29, 1.82) is 0 Å². The van der Waals surface area contributed by atoms with Gasteiger partial charge in [-0.3, -0.25) is 0 Å². The maximum atomic E-state index is 8.39. The van der Waals surface area contributed by atoms with Crippen molar-refractivity contribution in [1.82, 2.24) is 0 Å². The molecular weight excluding hydrogens is 168 g/mol. The molecule has 0 spiro atoms. The summed E-state index contributed by atoms with van der Waals surface area (Å²) in [5.41, 5.74) is -0.217. The first-order valence-corrected chi connectivity index (χ1v) is 6.32. The van der Waals surface area contributed by atoms with E-state index >= 15 is 0 Å². The van der Waals surface area contributed by atoms with Crippen molar-refractivity contribution in [3.63, 3.8) is 0 Å². The van der Waals surface area contributed by atoms with E-state index in [1.807, 2.05) is 0 Å². The van der Waals surface area contributed by atoms with Gasteiger partial charge in [-0.15, -0.1) is 0 Å². The molecule has 0 aromatic rings. The van der Waals surface area contributed by atoms with Crippen LogP contribution in [0.3, 0.4) is 0 Å². The van der Waals surface area contributed by atoms with Crippen LogP contribution in [0.1, 0.15) is 68.4 Å². The lowest BCUT2D eigenvalue weighted by molar-refractivity contribution is 0.277. The molecule has 2 aliphatic carbocycles. The van der Waals surface area contributed by atoms with Gasteiger partial charge in [0.15, 0.2) is 0 Å². The largest absolute Gasteiger partial charge is 0.0602 e. The minimum atomic E-state index is -0.996. The lowest BCUT2D eigenvalue weighted by Gasteiger charge is -2.24. The molecule has 0 saturated heterocycles. The van der Waals surface area contributed by atoms with Gasteiger partial charge in [-0.05, 0) is 42.4 Å². The van der Waals surface area contributed by atoms with Gasteiger partial charge in [-0.2, -0.15) is 0 Å². The predicted octanol–water partition coefficient (Wildman–Crippen LogP) is 4.64. The Balaban J connectivity index is 2.07. The second kappa shape index (κ2) is 3.87. The highest BCUT2D eigenvalue weighted by Crippen LogP contribution is 2.48. The van der Waals surface area contributed by atoms with Crippen LogP contribution in [0.15, 0.2) is 0 Å². The van der Waals surface area contributed by atoms with Crippen molar-refractivity contribution >= 4 is 0 Å². The molecule has 0 amide bonds. The standard InChI is InChI=1S/C14H26/c1-14(2,3)10-11-8-12-6-4-5-7-13(12)9-11/h11-13H,4-10H2,1-3H3/i10D2. The zero-order valence-electron chi connectivity index (χ0n) is 12.0. The summed E-state index contributed by atoms with van der Waals surface area (Å²) in [5.74, 6) is 1.99. The van der Waals surface area contributed by atoms with Gasteiger partial charge in [-0.1, -0.05) is 46.5 Å². The number of rotatable bonds is 1. The third-order valence-corrected chi connectivity index (χ3v) is 3.88. The molecule has 0 aliphatic heterocycles. The minimum Gasteiger partial charge on any atom is -0.0602 e. The number of fused-ring (bicyclic) bond motifs is 1. The minimum absolute atomic E-state index is 0.217. The van der Waals surface area contributed by atoms with Crippen molar-refractivity contribution in [2.24, 2.45) is 23.2 Å². The van der Waals surface area contributed by atoms with Crippen molar-refractivity contribution in [2.75, 3.05) is 0 Å². The Morgan fingerprint density at radius 1 is 1.07 bits per heavy atom. The van der Waals surface area contributed by atoms with E-state index < -0.39 is 6.37 Å². The molecule has 0 heteroatoms. The summed E-state index contributed by atoms with van der Waals surface area (Å²) in [7, 11) is 0. The summed E-state index contributed by atoms with van der Waals surface area (Å²) in [5, 5.41) is 0. The highest BCUT2D eigenvalue weighted by Gasteiger charge is 2.36. The van der Waals surface area contributed by atoms with Gasteiger partial charge in [0.1, 0.15) is 0 Å². The van der Waals surface area contributed by atoms with Crippen molar-refractivity contribution < 1.29 is 2.74 Å². The van der Waals surface area contributed by atoms with E-state index in [2.05, 4.69) is 20.8 Å². The SMILES string of the molecule is [2H]C([2H])(C1CC2CCCCC2C1)C(C)(C)C. The van der Waals surface area contributed by atoms with Gasteiger partial charge in [0, 0.05) is 2.74 Å². The molecule has 0 aromatic heterocycles. The molecule has 2 unspecified atom stereocenters. The molecule has 0 aromatic carbocycles. The van der Waals surface area contributed by atoms with Gasteiger partial charge >= 0.3 is 0 Å². The van der Waals surface area contributed by atoms with Crippen LogP contribution in [0.2, 0.25) is 0 Å². The summed E-state index contributed by atoms with van der Waals surface area (Å²) >= 11 is 0. The van der Waals surface area contributed by atoms with E-state index in [-0.39, 0.29) is 5.41 Å². The fourth-order valence-corrected chi connectivity index (χ4v) is 3.46. The van der Waals surface area contributed by atoms with Crippen LogP contribution in [0.5, 0.6) is 0 Å². The summed E-state index contributed by atoms with van der Waals surface area (Å²) in [4.78, 5) is 0. The lowest BCUT2D eigenvalue weighted by Crippen LogP contribution is -2.12. The highest BCUT2D eigenvalue weighted by atomic mass is 14.4. The molecule has 0 nitrogen and oxygen atoms in total. The molecule has 0 heterocycles. The van der Waals surface area contributed by atoms with Gasteiger partial charge < -0.3 is 0 Å². The first-order chi connectivity index (χ1) is 7.32. The summed E-state index contributed by atoms with van der Waals surface area (Å²) in [6, 6.07) is 0. The van der Waals surface area contributed by atoms with Gasteiger partial charge in [0.05, 0.1) is 0 Å². The topological polar surface area (TPSA) is 0 Å². The molecule has 0 radical (unpaired) electrons. The maximum Gasteiger partial charge on any atom is 0.0275 e. The summed E-state index contributed by atoms with van der Waals surface area (Å²) < 4.78 is 16.8. The maximum absolute atomic E-state index is 8.39. The van der Waals surface area contributed by atoms with E-state index in [0.717, 1.165) is 24.7 Å². The molecule has 2 saturated carbocycles. The zero-order chi connectivity index (χ0) is 12.0. The highest BCUT2D eigenvalue weighted by molar-refractivity contribution is 4.87. The smallest absolute Gasteiger partial charge is 0.0275 e. The van der Waals surface area contributed by atoms with Crippen LogP contribution in [-0.2, 0) is 0 Å². The first kappa shape index (κ1) is 8.19. The van der Waals surface area contributed by atoms with Gasteiger partial charge in [0.2, 0.25) is 0 Å². The van der Waals surface area contributed by atoms with Crippen LogP contribution < -0.4 is 0 Å². The molecule has 2 rings (SSSR count). The van der Waals surface area contributed by atoms with E-state index in [0.29, 0.717) is 5.92 Å². The summed E-state index contributed by atoms with van der Waals surface area (Å²) in [6.07, 6.45) is 6.79. The van der Waals surface area contributed by atoms with E-state index in [9.17, 15) is 0 Å². The molecule has 14 heavy (non-hydrogen) atoms. The second-order valence-corrected chi connectivity index (χ2v) is 6.37. The Morgan fingerprint density at radius 2 is 1.57 bits per heavy atom. The average Bonchev–Trinajstić information content (AvgIpc) is 2.59. The molecule has 2 fully saturated rings. The number of hydrogen-bond acceptors (Lipinski definition) is 0. The molecule has 0 bridgehead atoms. The summed E-state index contributed by atoms with van der Waals surface area (Å²) in [6.45, 7) is 6.15. The van der Waals surface area contributed by atoms with Gasteiger partial charge in [-0.25, -0.2) is 0 Å². The molecule has 82 valence electrons. The van der Waals surface area contributed by atoms with Crippen LogP contribution >= 0.6 is 0 Å². The average molecular weight is 196 g/mol. The molecular formula is C14H26. The van der Waals surface area contributed by atoms with Crippen LogP contribution in [0.25, 0.3) is 0 Å². The Kier molecular flexibility index (Phi) is 2.26. The Labute approximate surface area is 92.3 Å². The third-order valence-electron chi connectivity index (χ3n) is 3.88. The van der Waals surface area contributed by atoms with E-state index in [1.165, 1.54) is 25.7 Å². The van der Waals surface area contributed by atoms with Crippen molar-refractivity contribution in [3.8, 4) is 0 Å². The van der Waals surface area contributed by atoms with Crippen LogP contribution in [0, 0.1) is 23.2 Å². The second-order valence-electron chi connectivity index (χ2n) is 6.37. The Morgan fingerprint density at radius 3 is 2.00 bits per heavy atom. The quantitative estimate of drug-likeness (QED) is 0.573. The Bertz CT molecular complexity index is 238. The van der Waals surface area contributed by atoms with Crippen LogP contribution in [-0.4, -0.2) is 0 Å². The molecule has 2 aliphatic rings. The van der Waals surface area contributed by atoms with Crippen molar-refractivity contribution in [3.05, 3.63) is 0 Å². The van der Waals surface area contributed by atoms with Crippen LogP contribution in [0.4, 0.5) is 0 Å². The van der Waals surface area contributed by atoms with Crippen molar-refractivity contribution in [2.45, 2.75) is 65.7 Å². The number of hydrogen-bond donors (Lipinski definition) is 0. The monoisotopic (exact) mass is 196 g/mol. The van der Waals surface area contributed by atoms with E-state index in [1.54, 1.807) is 0 Å². The fraction of sp³-hybridized carbons (Fsp3) is 1.00. The third kappa shape index (κ3) is 2.52. The Hall–Kier alpha value is 0. The van der Waals surface area contributed by atoms with E-state index in [4.69, 9.17) is 2.74 Å². The van der Waals surface area contributed by atoms with Gasteiger partial charge in [0.25, 0.3) is 0 Å². The zero-order valence-corrected chi connectivity index (χ0v) is 9.97. The normalized spacial score (nSPS) is 41.5. The molecule has 2 atom stereocenters. The first-order valence-electron chi connectivity index (χ1n) is 7.32. The fourth-order valence-electron chi connectivity index (χ4n) is 3.46. The lowest BCUT2D eigenvalue weighted by atomic mass is 9.82. The molecule has 0 N–H and O–H groups in total.